The summed E-state index contributed by atoms with van der Waals surface area (Å²) in [5.74, 6) is 0.0438. The molecule has 2 aromatic carbocycles. The van der Waals surface area contributed by atoms with Crippen LogP contribution in [0.1, 0.15) is 21.6 Å². The van der Waals surface area contributed by atoms with E-state index in [1.165, 1.54) is 16.4 Å². The summed E-state index contributed by atoms with van der Waals surface area (Å²) in [6.07, 6.45) is 0. The van der Waals surface area contributed by atoms with Gasteiger partial charge < -0.3 is 15.1 Å². The van der Waals surface area contributed by atoms with Crippen LogP contribution < -0.4 is 10.2 Å². The van der Waals surface area contributed by atoms with E-state index in [9.17, 15) is 13.2 Å². The summed E-state index contributed by atoms with van der Waals surface area (Å²) in [6.45, 7) is 4.19. The summed E-state index contributed by atoms with van der Waals surface area (Å²) in [5.41, 5.74) is 2.92. The number of rotatable bonds is 5. The number of anilines is 2. The Kier molecular flexibility index (Phi) is 6.07. The third-order valence-corrected chi connectivity index (χ3v) is 8.31. The Morgan fingerprint density at radius 1 is 1.06 bits per heavy atom. The van der Waals surface area contributed by atoms with E-state index in [1.807, 2.05) is 12.1 Å². The molecule has 2 N–H and O–H groups in total. The maximum absolute atomic E-state index is 13.0. The lowest BCUT2D eigenvalue weighted by Crippen LogP contribution is -2.44. The molecule has 0 atom stereocenters. The molecule has 0 unspecified atom stereocenters. The first kappa shape index (κ1) is 22.9. The fourth-order valence-corrected chi connectivity index (χ4v) is 5.91. The van der Waals surface area contributed by atoms with E-state index >= 15 is 0 Å². The number of H-pyrrole nitrogens is 1. The molecule has 2 aliphatic heterocycles. The number of piperazine rings is 1. The minimum atomic E-state index is -3.73. The molecule has 1 saturated heterocycles. The summed E-state index contributed by atoms with van der Waals surface area (Å²) in [7, 11) is -1.62. The summed E-state index contributed by atoms with van der Waals surface area (Å²) in [4.78, 5) is 17.6. The number of aromatic nitrogens is 2. The first-order chi connectivity index (χ1) is 16.3. The first-order valence-electron chi connectivity index (χ1n) is 11.0. The Bertz CT molecular complexity index is 1320. The van der Waals surface area contributed by atoms with Gasteiger partial charge in [0.05, 0.1) is 17.1 Å². The molecule has 0 radical (unpaired) electrons. The second-order valence-electron chi connectivity index (χ2n) is 8.55. The molecule has 0 aliphatic carbocycles. The molecule has 1 fully saturated rings. The number of fused-ring (bicyclic) bond motifs is 1. The van der Waals surface area contributed by atoms with Crippen molar-refractivity contribution in [2.24, 2.45) is 0 Å². The topological polar surface area (TPSA) is 102 Å². The van der Waals surface area contributed by atoms with E-state index in [4.69, 9.17) is 11.6 Å². The molecule has 3 aromatic rings. The van der Waals surface area contributed by atoms with Crippen LogP contribution in [0.4, 0.5) is 11.5 Å². The average Bonchev–Trinajstić information content (AvgIpc) is 3.42. The van der Waals surface area contributed by atoms with Crippen LogP contribution in [0.25, 0.3) is 0 Å². The Morgan fingerprint density at radius 2 is 1.79 bits per heavy atom. The Hall–Kier alpha value is -2.92. The van der Waals surface area contributed by atoms with Gasteiger partial charge in [-0.05, 0) is 49.5 Å². The normalized spacial score (nSPS) is 17.1. The van der Waals surface area contributed by atoms with Gasteiger partial charge in [-0.1, -0.05) is 17.7 Å². The minimum Gasteiger partial charge on any atom is -0.369 e. The number of aromatic amines is 1. The van der Waals surface area contributed by atoms with Gasteiger partial charge in [-0.2, -0.15) is 9.40 Å². The smallest absolute Gasteiger partial charge is 0.256 e. The van der Waals surface area contributed by atoms with Crippen molar-refractivity contribution in [3.63, 3.8) is 0 Å². The maximum atomic E-state index is 13.0. The molecular weight excluding hydrogens is 476 g/mol. The largest absolute Gasteiger partial charge is 0.369 e. The molecule has 11 heteroatoms. The number of amides is 1. The highest BCUT2D eigenvalue weighted by Crippen LogP contribution is 2.32. The SMILES string of the molecule is CN1CCN(c2ccc(C(=O)Nc3n[nH]c4c3CN(S(=O)(=O)c3cccc(Cl)c3)C4)cc2)CC1. The van der Waals surface area contributed by atoms with Gasteiger partial charge in [-0.3, -0.25) is 9.89 Å². The van der Waals surface area contributed by atoms with Gasteiger partial charge in [-0.25, -0.2) is 8.42 Å². The Labute approximate surface area is 203 Å². The van der Waals surface area contributed by atoms with Crippen LogP contribution in [-0.4, -0.2) is 67.0 Å². The highest BCUT2D eigenvalue weighted by atomic mass is 35.5. The standard InChI is InChI=1S/C23H25ClN6O3S/c1-28-9-11-29(12-10-28)18-7-5-16(6-8-18)23(31)25-22-20-14-30(15-21(20)26-27-22)34(32,33)19-4-2-3-17(24)13-19/h2-8,13H,9-12,14-15H2,1H3,(H2,25,26,27,31). The highest BCUT2D eigenvalue weighted by Gasteiger charge is 2.34. The predicted molar refractivity (Wildman–Crippen MR) is 131 cm³/mol. The zero-order chi connectivity index (χ0) is 23.9. The van der Waals surface area contributed by atoms with E-state index in [2.05, 4.69) is 32.4 Å². The Balaban J connectivity index is 1.27. The number of sulfonamides is 1. The quantitative estimate of drug-likeness (QED) is 0.558. The van der Waals surface area contributed by atoms with Crippen molar-refractivity contribution in [1.29, 1.82) is 0 Å². The van der Waals surface area contributed by atoms with Crippen molar-refractivity contribution in [1.82, 2.24) is 19.4 Å². The molecule has 2 aliphatic rings. The number of hydrogen-bond acceptors (Lipinski definition) is 6. The molecule has 178 valence electrons. The number of hydrogen-bond donors (Lipinski definition) is 2. The minimum absolute atomic E-state index is 0.110. The lowest BCUT2D eigenvalue weighted by molar-refractivity contribution is 0.102. The number of benzene rings is 2. The highest BCUT2D eigenvalue weighted by molar-refractivity contribution is 7.89. The van der Waals surface area contributed by atoms with Gasteiger partial charge in [0.15, 0.2) is 5.82 Å². The molecule has 1 amide bonds. The van der Waals surface area contributed by atoms with Gasteiger partial charge in [0.25, 0.3) is 5.91 Å². The van der Waals surface area contributed by atoms with E-state index in [-0.39, 0.29) is 23.9 Å². The van der Waals surface area contributed by atoms with Crippen LogP contribution in [-0.2, 0) is 23.1 Å². The molecular formula is C23H25ClN6O3S. The monoisotopic (exact) mass is 500 g/mol. The van der Waals surface area contributed by atoms with Crippen molar-refractivity contribution >= 4 is 39.0 Å². The summed E-state index contributed by atoms with van der Waals surface area (Å²) in [5, 5.41) is 10.2. The fourth-order valence-electron chi connectivity index (χ4n) is 4.23. The van der Waals surface area contributed by atoms with Crippen LogP contribution in [0.5, 0.6) is 0 Å². The van der Waals surface area contributed by atoms with E-state index < -0.39 is 10.0 Å². The molecule has 5 rings (SSSR count). The van der Waals surface area contributed by atoms with E-state index in [1.54, 1.807) is 24.3 Å². The Morgan fingerprint density at radius 3 is 2.50 bits per heavy atom. The van der Waals surface area contributed by atoms with Crippen molar-refractivity contribution in [2.45, 2.75) is 18.0 Å². The van der Waals surface area contributed by atoms with Gasteiger partial charge in [0, 0.05) is 54.6 Å². The molecule has 0 bridgehead atoms. The molecule has 34 heavy (non-hydrogen) atoms. The van der Waals surface area contributed by atoms with Crippen LogP contribution in [0.15, 0.2) is 53.4 Å². The third-order valence-electron chi connectivity index (χ3n) is 6.29. The second-order valence-corrected chi connectivity index (χ2v) is 10.9. The molecule has 9 nitrogen and oxygen atoms in total. The maximum Gasteiger partial charge on any atom is 0.256 e. The fraction of sp³-hybridized carbons (Fsp3) is 0.304. The summed E-state index contributed by atoms with van der Waals surface area (Å²) < 4.78 is 27.4. The third kappa shape index (κ3) is 4.41. The molecule has 3 heterocycles. The molecule has 0 saturated carbocycles. The number of likely N-dealkylation sites (N-methyl/N-ethyl adjacent to an activating group) is 1. The average molecular weight is 501 g/mol. The number of carbonyl (C=O) groups excluding carboxylic acids is 1. The van der Waals surface area contributed by atoms with Crippen molar-refractivity contribution < 1.29 is 13.2 Å². The van der Waals surface area contributed by atoms with Gasteiger partial charge in [0.1, 0.15) is 0 Å². The van der Waals surface area contributed by atoms with Crippen molar-refractivity contribution in [2.75, 3.05) is 43.4 Å². The van der Waals surface area contributed by atoms with Crippen LogP contribution in [0, 0.1) is 0 Å². The second kappa shape index (κ2) is 9.03. The number of nitrogens with zero attached hydrogens (tertiary/aromatic N) is 4. The lowest BCUT2D eigenvalue weighted by Gasteiger charge is -2.34. The van der Waals surface area contributed by atoms with Crippen LogP contribution >= 0.6 is 11.6 Å². The zero-order valence-electron chi connectivity index (χ0n) is 18.7. The lowest BCUT2D eigenvalue weighted by atomic mass is 10.1. The van der Waals surface area contributed by atoms with Gasteiger partial charge in [0.2, 0.25) is 10.0 Å². The predicted octanol–water partition coefficient (Wildman–Crippen LogP) is 2.77. The summed E-state index contributed by atoms with van der Waals surface area (Å²) >= 11 is 5.97. The van der Waals surface area contributed by atoms with Crippen molar-refractivity contribution in [3.8, 4) is 0 Å². The number of nitrogens with one attached hydrogen (secondary N) is 2. The number of halogens is 1. The summed E-state index contributed by atoms with van der Waals surface area (Å²) in [6, 6.07) is 13.7. The zero-order valence-corrected chi connectivity index (χ0v) is 20.2. The number of carbonyl (C=O) groups is 1. The van der Waals surface area contributed by atoms with E-state index in [0.717, 1.165) is 31.9 Å². The van der Waals surface area contributed by atoms with E-state index in [0.29, 0.717) is 27.7 Å². The van der Waals surface area contributed by atoms with Gasteiger partial charge in [-0.15, -0.1) is 0 Å². The molecule has 0 spiro atoms. The first-order valence-corrected chi connectivity index (χ1v) is 12.8. The van der Waals surface area contributed by atoms with Crippen LogP contribution in [0.3, 0.4) is 0 Å². The molecule has 1 aromatic heterocycles. The van der Waals surface area contributed by atoms with Crippen LogP contribution in [0.2, 0.25) is 5.02 Å². The van der Waals surface area contributed by atoms with Crippen molar-refractivity contribution in [3.05, 3.63) is 70.4 Å². The van der Waals surface area contributed by atoms with Gasteiger partial charge >= 0.3 is 0 Å².